The van der Waals surface area contributed by atoms with Gasteiger partial charge in [-0.05, 0) is 29.3 Å². The highest BCUT2D eigenvalue weighted by molar-refractivity contribution is 6.30. The van der Waals surface area contributed by atoms with E-state index in [1.165, 1.54) is 6.07 Å². The maximum Gasteiger partial charge on any atom is 0.336 e. The summed E-state index contributed by atoms with van der Waals surface area (Å²) in [5, 5.41) is 9.50. The largest absolute Gasteiger partial charge is 0.478 e. The van der Waals surface area contributed by atoms with E-state index in [0.29, 0.717) is 10.6 Å². The molecule has 0 aliphatic carbocycles. The van der Waals surface area contributed by atoms with Crippen LogP contribution in [0.15, 0.2) is 36.4 Å². The van der Waals surface area contributed by atoms with E-state index in [9.17, 15) is 4.79 Å². The molecule has 0 heterocycles. The number of carbonyl (C=O) groups is 1. The first-order valence-electron chi connectivity index (χ1n) is 4.59. The van der Waals surface area contributed by atoms with Crippen LogP contribution < -0.4 is 0 Å². The van der Waals surface area contributed by atoms with Crippen molar-refractivity contribution in [2.45, 2.75) is 0 Å². The second-order valence-electron chi connectivity index (χ2n) is 3.20. The lowest BCUT2D eigenvalue weighted by atomic mass is 10.00. The van der Waals surface area contributed by atoms with Gasteiger partial charge in [-0.25, -0.2) is 4.79 Å². The van der Waals surface area contributed by atoms with Crippen LogP contribution in [0.5, 0.6) is 0 Å². The molecule has 0 unspecified atom stereocenters. The van der Waals surface area contributed by atoms with Crippen molar-refractivity contribution >= 4 is 17.6 Å². The van der Waals surface area contributed by atoms with Gasteiger partial charge < -0.3 is 5.11 Å². The van der Waals surface area contributed by atoms with Crippen molar-refractivity contribution in [1.82, 2.24) is 0 Å². The number of hydrogen-bond donors (Lipinski definition) is 1. The molecule has 0 bridgehead atoms. The molecule has 0 fully saturated rings. The summed E-state index contributed by atoms with van der Waals surface area (Å²) in [5.74, 6) is -0.976. The molecule has 0 aliphatic heterocycles. The Balaban J connectivity index is 2.60. The molecule has 0 saturated carbocycles. The van der Waals surface area contributed by atoms with Gasteiger partial charge in [0.25, 0.3) is 0 Å². The molecule has 0 amide bonds. The average molecular weight is 231 g/mol. The Bertz CT molecular complexity index is 535. The van der Waals surface area contributed by atoms with E-state index in [1.54, 1.807) is 30.3 Å². The molecule has 16 heavy (non-hydrogen) atoms. The highest BCUT2D eigenvalue weighted by Crippen LogP contribution is 2.25. The van der Waals surface area contributed by atoms with E-state index in [1.807, 2.05) is 0 Å². The third-order valence-electron chi connectivity index (χ3n) is 2.17. The summed E-state index contributed by atoms with van der Waals surface area (Å²) < 4.78 is 0. The summed E-state index contributed by atoms with van der Waals surface area (Å²) in [6.07, 6.45) is 0. The summed E-state index contributed by atoms with van der Waals surface area (Å²) >= 11 is 5.82. The number of benzene rings is 2. The summed E-state index contributed by atoms with van der Waals surface area (Å²) in [6, 6.07) is 15.5. The average Bonchev–Trinajstić information content (AvgIpc) is 2.29. The predicted octanol–water partition coefficient (Wildman–Crippen LogP) is 3.31. The normalized spacial score (nSPS) is 10.1. The lowest BCUT2D eigenvalue weighted by Gasteiger charge is -2.05. The number of hydrogen-bond acceptors (Lipinski definition) is 1. The molecular weight excluding hydrogens is 224 g/mol. The van der Waals surface area contributed by atoms with Gasteiger partial charge in [-0.1, -0.05) is 35.9 Å². The van der Waals surface area contributed by atoms with E-state index in [-0.39, 0.29) is 5.56 Å². The fourth-order valence-corrected chi connectivity index (χ4v) is 1.64. The molecule has 0 aliphatic rings. The fraction of sp³-hybridized carbons (Fsp3) is 0. The van der Waals surface area contributed by atoms with E-state index in [0.717, 1.165) is 5.56 Å². The van der Waals surface area contributed by atoms with E-state index >= 15 is 0 Å². The van der Waals surface area contributed by atoms with Crippen molar-refractivity contribution in [2.75, 3.05) is 0 Å². The number of carboxylic acid groups (broad SMARTS) is 1. The summed E-state index contributed by atoms with van der Waals surface area (Å²) in [5.41, 5.74) is 1.60. The minimum Gasteiger partial charge on any atom is -0.478 e. The summed E-state index contributed by atoms with van der Waals surface area (Å²) in [4.78, 5) is 11.0. The topological polar surface area (TPSA) is 37.3 Å². The zero-order valence-corrected chi connectivity index (χ0v) is 8.95. The van der Waals surface area contributed by atoms with Crippen LogP contribution in [0, 0.1) is 12.1 Å². The Labute approximate surface area is 98.1 Å². The molecule has 2 aromatic rings. The monoisotopic (exact) mass is 230 g/mol. The van der Waals surface area contributed by atoms with Gasteiger partial charge >= 0.3 is 5.97 Å². The lowest BCUT2D eigenvalue weighted by molar-refractivity contribution is 0.0697. The summed E-state index contributed by atoms with van der Waals surface area (Å²) in [6.45, 7) is 0. The van der Waals surface area contributed by atoms with Crippen LogP contribution in [-0.2, 0) is 0 Å². The van der Waals surface area contributed by atoms with Crippen molar-refractivity contribution in [3.8, 4) is 11.1 Å². The van der Waals surface area contributed by atoms with E-state index in [4.69, 9.17) is 16.7 Å². The van der Waals surface area contributed by atoms with Crippen molar-refractivity contribution in [1.29, 1.82) is 0 Å². The molecule has 0 aromatic heterocycles. The summed E-state index contributed by atoms with van der Waals surface area (Å²) in [7, 11) is 0. The number of rotatable bonds is 2. The first kappa shape index (κ1) is 10.7. The van der Waals surface area contributed by atoms with Gasteiger partial charge in [0.2, 0.25) is 0 Å². The molecule has 3 heteroatoms. The van der Waals surface area contributed by atoms with Crippen molar-refractivity contribution in [3.63, 3.8) is 0 Å². The maximum absolute atomic E-state index is 11.0. The number of aromatic carboxylic acids is 1. The fourth-order valence-electron chi connectivity index (χ4n) is 1.46. The molecular formula is C13H7ClO2. The van der Waals surface area contributed by atoms with Crippen molar-refractivity contribution in [3.05, 3.63) is 59.1 Å². The van der Waals surface area contributed by atoms with E-state index in [2.05, 4.69) is 12.1 Å². The highest BCUT2D eigenvalue weighted by atomic mass is 35.5. The quantitative estimate of drug-likeness (QED) is 0.860. The van der Waals surface area contributed by atoms with Gasteiger partial charge in [0.15, 0.2) is 0 Å². The number of halogens is 1. The van der Waals surface area contributed by atoms with Gasteiger partial charge in [-0.3, -0.25) is 0 Å². The molecule has 2 aromatic carbocycles. The van der Waals surface area contributed by atoms with Gasteiger partial charge in [0.05, 0.1) is 5.56 Å². The van der Waals surface area contributed by atoms with Crippen LogP contribution in [0.1, 0.15) is 10.4 Å². The van der Waals surface area contributed by atoms with Crippen molar-refractivity contribution in [2.24, 2.45) is 0 Å². The second kappa shape index (κ2) is 4.37. The molecule has 0 spiro atoms. The van der Waals surface area contributed by atoms with E-state index < -0.39 is 5.97 Å². The lowest BCUT2D eigenvalue weighted by Crippen LogP contribution is -1.98. The van der Waals surface area contributed by atoms with Crippen molar-refractivity contribution < 1.29 is 9.90 Å². The van der Waals surface area contributed by atoms with Crippen LogP contribution in [0.3, 0.4) is 0 Å². The smallest absolute Gasteiger partial charge is 0.336 e. The molecule has 0 atom stereocenters. The Morgan fingerprint density at radius 2 is 2.12 bits per heavy atom. The maximum atomic E-state index is 11.0. The molecule has 2 nitrogen and oxygen atoms in total. The van der Waals surface area contributed by atoms with Gasteiger partial charge in [-0.15, -0.1) is 0 Å². The third kappa shape index (κ3) is 2.07. The first-order valence-corrected chi connectivity index (χ1v) is 4.97. The highest BCUT2D eigenvalue weighted by Gasteiger charge is 2.10. The van der Waals surface area contributed by atoms with Crippen LogP contribution in [0.2, 0.25) is 5.02 Å². The van der Waals surface area contributed by atoms with Crippen LogP contribution in [0.4, 0.5) is 0 Å². The minimum absolute atomic E-state index is 0.213. The molecule has 1 N–H and O–H groups in total. The molecule has 2 radical (unpaired) electrons. The Kier molecular flexibility index (Phi) is 2.93. The molecule has 78 valence electrons. The molecule has 2 rings (SSSR count). The SMILES string of the molecule is O=C(O)c1c[c]ccc1-c1cc[c]c(Cl)c1. The number of carboxylic acids is 1. The van der Waals surface area contributed by atoms with Crippen LogP contribution in [-0.4, -0.2) is 11.1 Å². The first-order chi connectivity index (χ1) is 7.68. The Morgan fingerprint density at radius 1 is 1.31 bits per heavy atom. The van der Waals surface area contributed by atoms with Crippen LogP contribution in [0.25, 0.3) is 11.1 Å². The standard InChI is InChI=1S/C13H7ClO2/c14-10-5-3-4-9(8-10)11-6-1-2-7-12(11)13(15)16/h1,3-4,6-8H,(H,15,16). The minimum atomic E-state index is -0.976. The zero-order chi connectivity index (χ0) is 11.5. The Morgan fingerprint density at radius 3 is 2.81 bits per heavy atom. The van der Waals surface area contributed by atoms with Gasteiger partial charge in [0.1, 0.15) is 0 Å². The van der Waals surface area contributed by atoms with Crippen LogP contribution >= 0.6 is 11.6 Å². The molecule has 0 saturated heterocycles. The van der Waals surface area contributed by atoms with Gasteiger partial charge in [0, 0.05) is 11.1 Å². The third-order valence-corrected chi connectivity index (χ3v) is 2.39. The predicted molar refractivity (Wildman–Crippen MR) is 61.5 cm³/mol. The zero-order valence-electron chi connectivity index (χ0n) is 8.20. The Hall–Kier alpha value is -1.80. The second-order valence-corrected chi connectivity index (χ2v) is 3.61. The van der Waals surface area contributed by atoms with Gasteiger partial charge in [-0.2, -0.15) is 0 Å².